The molecule has 25 heavy (non-hydrogen) atoms. The largest absolute Gasteiger partial charge is 0.325 e. The highest BCUT2D eigenvalue weighted by Gasteiger charge is 2.55. The van der Waals surface area contributed by atoms with Crippen molar-refractivity contribution in [2.75, 3.05) is 11.9 Å². The van der Waals surface area contributed by atoms with Gasteiger partial charge in [0.25, 0.3) is 5.91 Å². The Bertz CT molecular complexity index is 736. The first-order chi connectivity index (χ1) is 11.8. The van der Waals surface area contributed by atoms with Gasteiger partial charge in [-0.1, -0.05) is 31.4 Å². The highest BCUT2D eigenvalue weighted by Crippen LogP contribution is 2.38. The second kappa shape index (κ2) is 6.67. The van der Waals surface area contributed by atoms with Gasteiger partial charge in [-0.25, -0.2) is 4.79 Å². The summed E-state index contributed by atoms with van der Waals surface area (Å²) < 4.78 is 0. The number of halogens is 1. The first-order valence-electron chi connectivity index (χ1n) is 8.53. The Labute approximate surface area is 151 Å². The van der Waals surface area contributed by atoms with E-state index in [1.807, 2.05) is 13.8 Å². The summed E-state index contributed by atoms with van der Waals surface area (Å²) in [4.78, 5) is 38.5. The quantitative estimate of drug-likeness (QED) is 0.810. The van der Waals surface area contributed by atoms with Crippen molar-refractivity contribution in [1.82, 2.24) is 10.2 Å². The van der Waals surface area contributed by atoms with Gasteiger partial charge in [0.05, 0.1) is 0 Å². The van der Waals surface area contributed by atoms with Crippen molar-refractivity contribution < 1.29 is 14.4 Å². The second-order valence-corrected chi connectivity index (χ2v) is 7.38. The van der Waals surface area contributed by atoms with E-state index < -0.39 is 17.5 Å². The molecule has 0 radical (unpaired) electrons. The average molecular weight is 364 g/mol. The van der Waals surface area contributed by atoms with Crippen LogP contribution in [0.3, 0.4) is 0 Å². The van der Waals surface area contributed by atoms with E-state index in [-0.39, 0.29) is 18.4 Å². The van der Waals surface area contributed by atoms with E-state index in [4.69, 9.17) is 11.6 Å². The van der Waals surface area contributed by atoms with Crippen molar-refractivity contribution in [3.63, 3.8) is 0 Å². The Kier molecular flexibility index (Phi) is 4.73. The lowest BCUT2D eigenvalue weighted by Gasteiger charge is -2.36. The summed E-state index contributed by atoms with van der Waals surface area (Å²) in [5.41, 5.74) is 0.587. The van der Waals surface area contributed by atoms with Crippen LogP contribution in [-0.4, -0.2) is 34.8 Å². The van der Waals surface area contributed by atoms with Crippen LogP contribution >= 0.6 is 11.6 Å². The number of amides is 4. The second-order valence-electron chi connectivity index (χ2n) is 6.95. The molecule has 0 aromatic heterocycles. The third kappa shape index (κ3) is 3.23. The molecule has 0 bridgehead atoms. The molecular formula is C18H22ClN3O3. The van der Waals surface area contributed by atoms with Gasteiger partial charge in [0.2, 0.25) is 5.91 Å². The number of carbonyl (C=O) groups excluding carboxylic acids is 3. The molecule has 1 spiro atoms. The summed E-state index contributed by atoms with van der Waals surface area (Å²) in [6.45, 7) is 3.52. The maximum Gasteiger partial charge on any atom is 0.325 e. The minimum absolute atomic E-state index is 0.0734. The molecule has 2 fully saturated rings. The fraction of sp³-hybridized carbons (Fsp3) is 0.500. The van der Waals surface area contributed by atoms with Crippen LogP contribution in [0.2, 0.25) is 5.02 Å². The zero-order valence-corrected chi connectivity index (χ0v) is 15.2. The monoisotopic (exact) mass is 363 g/mol. The van der Waals surface area contributed by atoms with Crippen molar-refractivity contribution >= 4 is 35.1 Å². The van der Waals surface area contributed by atoms with Crippen molar-refractivity contribution in [1.29, 1.82) is 0 Å². The van der Waals surface area contributed by atoms with Gasteiger partial charge in [0.1, 0.15) is 12.1 Å². The van der Waals surface area contributed by atoms with Crippen LogP contribution < -0.4 is 10.6 Å². The normalized spacial score (nSPS) is 26.0. The number of nitrogens with zero attached hydrogens (tertiary/aromatic N) is 1. The molecule has 6 nitrogen and oxygen atoms in total. The maximum atomic E-state index is 12.8. The standard InChI is InChI=1S/C18H22ClN3O3/c1-11-9-13(19)6-7-14(11)20-15(23)10-22-16(24)18(21-17(22)25)8-4-3-5-12(18)2/h6-7,9,12H,3-5,8,10H2,1-2H3,(H,20,23)(H,21,25)/t12-,18+/m0/s1. The van der Waals surface area contributed by atoms with Gasteiger partial charge in [0, 0.05) is 10.7 Å². The Morgan fingerprint density at radius 2 is 2.16 bits per heavy atom. The Hall–Kier alpha value is -2.08. The van der Waals surface area contributed by atoms with E-state index in [1.54, 1.807) is 18.2 Å². The third-order valence-electron chi connectivity index (χ3n) is 5.27. The number of benzene rings is 1. The fourth-order valence-corrected chi connectivity index (χ4v) is 3.97. The van der Waals surface area contributed by atoms with Gasteiger partial charge in [-0.15, -0.1) is 0 Å². The zero-order valence-electron chi connectivity index (χ0n) is 14.4. The molecule has 1 aliphatic carbocycles. The van der Waals surface area contributed by atoms with Crippen LogP contribution in [0.1, 0.15) is 38.2 Å². The van der Waals surface area contributed by atoms with Crippen LogP contribution in [0.25, 0.3) is 0 Å². The molecule has 2 aliphatic rings. The topological polar surface area (TPSA) is 78.5 Å². The number of imide groups is 1. The minimum atomic E-state index is -0.841. The number of anilines is 1. The molecule has 1 saturated heterocycles. The van der Waals surface area contributed by atoms with E-state index in [0.717, 1.165) is 29.7 Å². The first-order valence-corrected chi connectivity index (χ1v) is 8.91. The SMILES string of the molecule is Cc1cc(Cl)ccc1NC(=O)CN1C(=O)N[C@@]2(CCCC[C@@H]2C)C1=O. The van der Waals surface area contributed by atoms with Gasteiger partial charge in [-0.05, 0) is 49.4 Å². The highest BCUT2D eigenvalue weighted by molar-refractivity contribution is 6.30. The van der Waals surface area contributed by atoms with E-state index in [1.165, 1.54) is 0 Å². The Morgan fingerprint density at radius 3 is 2.84 bits per heavy atom. The molecule has 3 rings (SSSR count). The third-order valence-corrected chi connectivity index (χ3v) is 5.50. The highest BCUT2D eigenvalue weighted by atomic mass is 35.5. The number of hydrogen-bond donors (Lipinski definition) is 2. The van der Waals surface area contributed by atoms with Crippen molar-refractivity contribution in [2.45, 2.75) is 45.1 Å². The summed E-state index contributed by atoms with van der Waals surface area (Å²) in [6.07, 6.45) is 3.49. The number of urea groups is 1. The molecule has 2 atom stereocenters. The molecule has 1 aliphatic heterocycles. The molecule has 2 N–H and O–H groups in total. The molecule has 1 saturated carbocycles. The number of carbonyl (C=O) groups is 3. The summed E-state index contributed by atoms with van der Waals surface area (Å²) in [5.74, 6) is -0.619. The molecule has 134 valence electrons. The summed E-state index contributed by atoms with van der Waals surface area (Å²) in [6, 6.07) is 4.63. The van der Waals surface area contributed by atoms with E-state index in [9.17, 15) is 14.4 Å². The fourth-order valence-electron chi connectivity index (χ4n) is 3.74. The van der Waals surface area contributed by atoms with Crippen LogP contribution in [0.5, 0.6) is 0 Å². The van der Waals surface area contributed by atoms with Crippen LogP contribution in [0.15, 0.2) is 18.2 Å². The zero-order chi connectivity index (χ0) is 18.2. The van der Waals surface area contributed by atoms with Crippen molar-refractivity contribution in [3.8, 4) is 0 Å². The summed E-state index contributed by atoms with van der Waals surface area (Å²) in [7, 11) is 0. The number of rotatable bonds is 3. The van der Waals surface area contributed by atoms with Crippen LogP contribution in [0.4, 0.5) is 10.5 Å². The van der Waals surface area contributed by atoms with Gasteiger partial charge >= 0.3 is 6.03 Å². The Morgan fingerprint density at radius 1 is 1.40 bits per heavy atom. The minimum Gasteiger partial charge on any atom is -0.324 e. The number of aryl methyl sites for hydroxylation is 1. The predicted molar refractivity (Wildman–Crippen MR) is 95.4 cm³/mol. The van der Waals surface area contributed by atoms with E-state index in [0.29, 0.717) is 17.1 Å². The number of hydrogen-bond acceptors (Lipinski definition) is 3. The van der Waals surface area contributed by atoms with Gasteiger partial charge < -0.3 is 10.6 Å². The molecular weight excluding hydrogens is 342 g/mol. The van der Waals surface area contributed by atoms with Crippen molar-refractivity contribution in [2.24, 2.45) is 5.92 Å². The predicted octanol–water partition coefficient (Wildman–Crippen LogP) is 3.09. The number of nitrogens with one attached hydrogen (secondary N) is 2. The van der Waals surface area contributed by atoms with Gasteiger partial charge in [-0.2, -0.15) is 0 Å². The Balaban J connectivity index is 1.71. The summed E-state index contributed by atoms with van der Waals surface area (Å²) in [5, 5.41) is 6.16. The lowest BCUT2D eigenvalue weighted by atomic mass is 9.73. The van der Waals surface area contributed by atoms with Crippen LogP contribution in [-0.2, 0) is 9.59 Å². The van der Waals surface area contributed by atoms with Gasteiger partial charge in [0.15, 0.2) is 0 Å². The maximum absolute atomic E-state index is 12.8. The molecule has 1 heterocycles. The van der Waals surface area contributed by atoms with Crippen molar-refractivity contribution in [3.05, 3.63) is 28.8 Å². The smallest absolute Gasteiger partial charge is 0.324 e. The lowest BCUT2D eigenvalue weighted by molar-refractivity contribution is -0.136. The molecule has 4 amide bonds. The summed E-state index contributed by atoms with van der Waals surface area (Å²) >= 11 is 5.91. The van der Waals surface area contributed by atoms with Crippen LogP contribution in [0, 0.1) is 12.8 Å². The lowest BCUT2D eigenvalue weighted by Crippen LogP contribution is -2.54. The molecule has 1 aromatic carbocycles. The van der Waals surface area contributed by atoms with E-state index >= 15 is 0 Å². The van der Waals surface area contributed by atoms with E-state index in [2.05, 4.69) is 10.6 Å². The molecule has 0 unspecified atom stereocenters. The molecule has 7 heteroatoms. The first kappa shape index (κ1) is 17.7. The van der Waals surface area contributed by atoms with Gasteiger partial charge in [-0.3, -0.25) is 14.5 Å². The average Bonchev–Trinajstić information content (AvgIpc) is 2.78. The molecule has 1 aromatic rings.